The van der Waals surface area contributed by atoms with Crippen molar-refractivity contribution in [3.63, 3.8) is 0 Å². The van der Waals surface area contributed by atoms with E-state index in [1.54, 1.807) is 12.1 Å². The summed E-state index contributed by atoms with van der Waals surface area (Å²) < 4.78 is 4.95. The van der Waals surface area contributed by atoms with Gasteiger partial charge in [-0.25, -0.2) is 0 Å². The van der Waals surface area contributed by atoms with E-state index in [0.29, 0.717) is 17.0 Å². The molecule has 6 heteroatoms. The number of aromatic hydroxyl groups is 1. The molecule has 6 nitrogen and oxygen atoms in total. The van der Waals surface area contributed by atoms with Crippen LogP contribution in [0.5, 0.6) is 11.5 Å². The number of ether oxygens (including phenoxy) is 1. The third-order valence-corrected chi connectivity index (χ3v) is 2.88. The van der Waals surface area contributed by atoms with Crippen molar-refractivity contribution in [3.8, 4) is 17.6 Å². The zero-order valence-corrected chi connectivity index (χ0v) is 11.3. The number of amides is 1. The summed E-state index contributed by atoms with van der Waals surface area (Å²) >= 11 is 0. The number of carbonyl (C=O) groups is 1. The predicted molar refractivity (Wildman–Crippen MR) is 78.2 cm³/mol. The van der Waals surface area contributed by atoms with Crippen molar-refractivity contribution >= 4 is 17.3 Å². The van der Waals surface area contributed by atoms with Crippen LogP contribution in [0, 0.1) is 11.3 Å². The molecule has 0 saturated heterocycles. The fraction of sp³-hybridized carbons (Fsp3) is 0.0667. The molecule has 0 aliphatic rings. The number of nitrogens with one attached hydrogen (secondary N) is 1. The van der Waals surface area contributed by atoms with Crippen LogP contribution in [0.25, 0.3) is 0 Å². The van der Waals surface area contributed by atoms with Gasteiger partial charge >= 0.3 is 0 Å². The molecule has 106 valence electrons. The van der Waals surface area contributed by atoms with Gasteiger partial charge in [0.2, 0.25) is 0 Å². The lowest BCUT2D eigenvalue weighted by molar-refractivity contribution is 0.102. The van der Waals surface area contributed by atoms with Gasteiger partial charge in [0, 0.05) is 6.07 Å². The summed E-state index contributed by atoms with van der Waals surface area (Å²) in [5.74, 6) is -0.257. The van der Waals surface area contributed by atoms with Crippen molar-refractivity contribution in [1.82, 2.24) is 0 Å². The molecule has 0 unspecified atom stereocenters. The Morgan fingerprint density at radius 1 is 1.33 bits per heavy atom. The van der Waals surface area contributed by atoms with Crippen molar-refractivity contribution in [3.05, 3.63) is 47.5 Å². The maximum absolute atomic E-state index is 12.1. The third kappa shape index (κ3) is 3.04. The maximum atomic E-state index is 12.1. The number of rotatable bonds is 3. The van der Waals surface area contributed by atoms with E-state index < -0.39 is 5.91 Å². The number of anilines is 2. The van der Waals surface area contributed by atoms with Crippen molar-refractivity contribution < 1.29 is 14.6 Å². The Labute approximate surface area is 121 Å². The fourth-order valence-corrected chi connectivity index (χ4v) is 1.77. The largest absolute Gasteiger partial charge is 0.507 e. The number of carbonyl (C=O) groups excluding carboxylic acids is 1. The molecule has 2 aromatic rings. The summed E-state index contributed by atoms with van der Waals surface area (Å²) in [6, 6.07) is 10.9. The van der Waals surface area contributed by atoms with Crippen molar-refractivity contribution in [2.75, 3.05) is 18.2 Å². The second kappa shape index (κ2) is 5.84. The minimum atomic E-state index is -0.508. The average Bonchev–Trinajstić information content (AvgIpc) is 2.48. The molecule has 0 aromatic heterocycles. The molecule has 0 heterocycles. The van der Waals surface area contributed by atoms with Crippen LogP contribution in [0.3, 0.4) is 0 Å². The Kier molecular flexibility index (Phi) is 3.95. The van der Waals surface area contributed by atoms with E-state index in [0.717, 1.165) is 0 Å². The topological polar surface area (TPSA) is 108 Å². The highest BCUT2D eigenvalue weighted by molar-refractivity contribution is 6.07. The number of nitrogen functional groups attached to an aromatic ring is 1. The highest BCUT2D eigenvalue weighted by Gasteiger charge is 2.13. The van der Waals surface area contributed by atoms with E-state index in [2.05, 4.69) is 5.32 Å². The number of benzene rings is 2. The van der Waals surface area contributed by atoms with E-state index in [-0.39, 0.29) is 17.0 Å². The minimum absolute atomic E-state index is 0.0968. The lowest BCUT2D eigenvalue weighted by atomic mass is 10.1. The molecule has 0 bridgehead atoms. The van der Waals surface area contributed by atoms with Gasteiger partial charge in [0.25, 0.3) is 5.91 Å². The smallest absolute Gasteiger partial charge is 0.259 e. The first-order chi connectivity index (χ1) is 10.0. The van der Waals surface area contributed by atoms with Crippen LogP contribution < -0.4 is 15.8 Å². The number of hydrogen-bond acceptors (Lipinski definition) is 5. The van der Waals surface area contributed by atoms with Crippen molar-refractivity contribution in [1.29, 1.82) is 5.26 Å². The van der Waals surface area contributed by atoms with E-state index in [1.807, 2.05) is 6.07 Å². The average molecular weight is 283 g/mol. The molecule has 2 rings (SSSR count). The highest BCUT2D eigenvalue weighted by Crippen LogP contribution is 2.26. The Hall–Kier alpha value is -3.20. The molecule has 0 aliphatic heterocycles. The Bertz CT molecular complexity index is 735. The summed E-state index contributed by atoms with van der Waals surface area (Å²) in [6.07, 6.45) is 0. The van der Waals surface area contributed by atoms with Crippen LogP contribution in [0.2, 0.25) is 0 Å². The van der Waals surface area contributed by atoms with Crippen LogP contribution in [-0.2, 0) is 0 Å². The summed E-state index contributed by atoms with van der Waals surface area (Å²) in [5.41, 5.74) is 6.90. The summed E-state index contributed by atoms with van der Waals surface area (Å²) in [7, 11) is 1.46. The van der Waals surface area contributed by atoms with Gasteiger partial charge in [-0.3, -0.25) is 4.79 Å². The number of nitrogens with two attached hydrogens (primary N) is 1. The number of nitriles is 1. The lowest BCUT2D eigenvalue weighted by Crippen LogP contribution is -2.13. The van der Waals surface area contributed by atoms with Crippen molar-refractivity contribution in [2.24, 2.45) is 0 Å². The first-order valence-electron chi connectivity index (χ1n) is 6.03. The van der Waals surface area contributed by atoms with Gasteiger partial charge in [0.15, 0.2) is 0 Å². The summed E-state index contributed by atoms with van der Waals surface area (Å²) in [5, 5.41) is 21.1. The number of phenols is 1. The van der Waals surface area contributed by atoms with E-state index in [1.165, 1.54) is 31.4 Å². The zero-order valence-electron chi connectivity index (χ0n) is 11.3. The third-order valence-electron chi connectivity index (χ3n) is 2.88. The molecule has 0 fully saturated rings. The molecule has 4 N–H and O–H groups in total. The predicted octanol–water partition coefficient (Wildman–Crippen LogP) is 2.11. The van der Waals surface area contributed by atoms with Crippen molar-refractivity contribution in [2.45, 2.75) is 0 Å². The molecule has 0 radical (unpaired) electrons. The second-order valence-electron chi connectivity index (χ2n) is 4.25. The van der Waals surface area contributed by atoms with Crippen LogP contribution in [-0.4, -0.2) is 18.1 Å². The van der Waals surface area contributed by atoms with Crippen LogP contribution >= 0.6 is 0 Å². The number of phenolic OH excluding ortho intramolecular Hbond substituents is 1. The Morgan fingerprint density at radius 3 is 2.67 bits per heavy atom. The van der Waals surface area contributed by atoms with Gasteiger partial charge in [-0.1, -0.05) is 0 Å². The van der Waals surface area contributed by atoms with E-state index in [9.17, 15) is 9.90 Å². The Morgan fingerprint density at radius 2 is 2.10 bits per heavy atom. The van der Waals surface area contributed by atoms with Gasteiger partial charge in [-0.15, -0.1) is 0 Å². The molecule has 1 amide bonds. The van der Waals surface area contributed by atoms with Crippen LogP contribution in [0.15, 0.2) is 36.4 Å². The van der Waals surface area contributed by atoms with E-state index >= 15 is 0 Å². The van der Waals surface area contributed by atoms with Gasteiger partial charge < -0.3 is 20.9 Å². The second-order valence-corrected chi connectivity index (χ2v) is 4.25. The van der Waals surface area contributed by atoms with Crippen LogP contribution in [0.4, 0.5) is 11.4 Å². The van der Waals surface area contributed by atoms with Gasteiger partial charge in [-0.05, 0) is 30.3 Å². The molecular formula is C15H13N3O3. The number of nitrogens with zero attached hydrogens (tertiary/aromatic N) is 1. The first-order valence-corrected chi connectivity index (χ1v) is 6.03. The van der Waals surface area contributed by atoms with Gasteiger partial charge in [0.1, 0.15) is 11.5 Å². The molecule has 0 spiro atoms. The SMILES string of the molecule is COc1ccc(C(=O)Nc2ccc(C#N)cc2N)c(O)c1. The molecule has 2 aromatic carbocycles. The lowest BCUT2D eigenvalue weighted by Gasteiger charge is -2.10. The monoisotopic (exact) mass is 283 g/mol. The molecular weight excluding hydrogens is 270 g/mol. The van der Waals surface area contributed by atoms with E-state index in [4.69, 9.17) is 15.7 Å². The maximum Gasteiger partial charge on any atom is 0.259 e. The highest BCUT2D eigenvalue weighted by atomic mass is 16.5. The molecule has 0 saturated carbocycles. The number of hydrogen-bond donors (Lipinski definition) is 3. The van der Waals surface area contributed by atoms with Gasteiger partial charge in [-0.2, -0.15) is 5.26 Å². The molecule has 0 aliphatic carbocycles. The standard InChI is InChI=1S/C15H13N3O3/c1-21-10-3-4-11(14(19)7-10)15(20)18-13-5-2-9(8-16)6-12(13)17/h2-7,19H,17H2,1H3,(H,18,20). The normalized spacial score (nSPS) is 9.71. The van der Waals surface area contributed by atoms with Gasteiger partial charge in [0.05, 0.1) is 35.7 Å². The zero-order chi connectivity index (χ0) is 15.4. The first kappa shape index (κ1) is 14.2. The summed E-state index contributed by atoms with van der Waals surface area (Å²) in [4.78, 5) is 12.1. The molecule has 0 atom stereocenters. The minimum Gasteiger partial charge on any atom is -0.507 e. The number of methoxy groups -OCH3 is 1. The summed E-state index contributed by atoms with van der Waals surface area (Å²) in [6.45, 7) is 0. The van der Waals surface area contributed by atoms with Crippen LogP contribution in [0.1, 0.15) is 15.9 Å². The fourth-order valence-electron chi connectivity index (χ4n) is 1.77. The quantitative estimate of drug-likeness (QED) is 0.747. The molecule has 21 heavy (non-hydrogen) atoms. The Balaban J connectivity index is 2.24.